The molecule has 7 nitrogen and oxygen atoms in total. The summed E-state index contributed by atoms with van der Waals surface area (Å²) in [5.74, 6) is -0.462. The largest absolute Gasteiger partial charge is 0.289 e. The van der Waals surface area contributed by atoms with Crippen LogP contribution in [0.15, 0.2) is 70.1 Å². The molecule has 0 saturated heterocycles. The molecule has 31 heavy (non-hydrogen) atoms. The number of nitriles is 1. The summed E-state index contributed by atoms with van der Waals surface area (Å²) in [6.07, 6.45) is 2.82. The molecule has 0 bridgehead atoms. The van der Waals surface area contributed by atoms with E-state index in [1.807, 2.05) is 23.6 Å². The number of aromatic nitrogens is 2. The van der Waals surface area contributed by atoms with Crippen molar-refractivity contribution in [3.8, 4) is 17.2 Å². The molecule has 2 aromatic carbocycles. The number of nitrogens with zero attached hydrogens (tertiary/aromatic N) is 4. The third kappa shape index (κ3) is 4.53. The smallest absolute Gasteiger partial charge is 0.263 e. The zero-order valence-corrected chi connectivity index (χ0v) is 17.5. The van der Waals surface area contributed by atoms with E-state index in [1.54, 1.807) is 36.4 Å². The van der Waals surface area contributed by atoms with Gasteiger partial charge in [-0.25, -0.2) is 10.4 Å². The van der Waals surface area contributed by atoms with E-state index in [0.29, 0.717) is 20.8 Å². The topological polar surface area (TPSA) is 100 Å². The summed E-state index contributed by atoms with van der Waals surface area (Å²) in [5.41, 5.74) is 4.96. The number of hydrogen-bond acceptors (Lipinski definition) is 6. The molecule has 1 amide bonds. The van der Waals surface area contributed by atoms with Gasteiger partial charge in [0.2, 0.25) is 0 Å². The van der Waals surface area contributed by atoms with Crippen molar-refractivity contribution in [2.45, 2.75) is 6.54 Å². The van der Waals surface area contributed by atoms with E-state index in [1.165, 1.54) is 28.4 Å². The molecule has 9 heteroatoms. The lowest BCUT2D eigenvalue weighted by Gasteiger charge is -2.05. The fourth-order valence-corrected chi connectivity index (χ4v) is 3.97. The minimum Gasteiger partial charge on any atom is -0.289 e. The zero-order valence-electron chi connectivity index (χ0n) is 15.9. The summed E-state index contributed by atoms with van der Waals surface area (Å²) < 4.78 is 1.25. The molecular weight excluding hydrogens is 434 g/mol. The first-order valence-electron chi connectivity index (χ1n) is 9.10. The van der Waals surface area contributed by atoms with Gasteiger partial charge in [-0.3, -0.25) is 14.2 Å². The van der Waals surface area contributed by atoms with Crippen molar-refractivity contribution in [3.05, 3.63) is 86.7 Å². The lowest BCUT2D eigenvalue weighted by atomic mass is 10.1. The highest BCUT2D eigenvalue weighted by molar-refractivity contribution is 7.17. The summed E-state index contributed by atoms with van der Waals surface area (Å²) in [4.78, 5) is 30.2. The Kier molecular flexibility index (Phi) is 5.89. The Bertz CT molecular complexity index is 1380. The van der Waals surface area contributed by atoms with E-state index >= 15 is 0 Å². The van der Waals surface area contributed by atoms with Crippen molar-refractivity contribution >= 4 is 45.3 Å². The van der Waals surface area contributed by atoms with Crippen LogP contribution in [-0.2, 0) is 11.3 Å². The number of halogens is 1. The third-order valence-corrected chi connectivity index (χ3v) is 5.61. The second-order valence-electron chi connectivity index (χ2n) is 6.54. The number of carbonyl (C=O) groups excluding carboxylic acids is 1. The molecule has 2 heterocycles. The molecule has 0 saturated carbocycles. The Morgan fingerprint density at radius 1 is 1.23 bits per heavy atom. The second kappa shape index (κ2) is 8.92. The first kappa shape index (κ1) is 20.5. The van der Waals surface area contributed by atoms with E-state index in [9.17, 15) is 9.59 Å². The van der Waals surface area contributed by atoms with Gasteiger partial charge in [0.25, 0.3) is 11.5 Å². The Balaban J connectivity index is 1.52. The van der Waals surface area contributed by atoms with Gasteiger partial charge in [-0.05, 0) is 35.4 Å². The molecule has 0 spiro atoms. The van der Waals surface area contributed by atoms with Crippen LogP contribution < -0.4 is 11.0 Å². The van der Waals surface area contributed by atoms with Gasteiger partial charge < -0.3 is 0 Å². The highest BCUT2D eigenvalue weighted by Crippen LogP contribution is 2.31. The number of fused-ring (bicyclic) bond motifs is 1. The first-order valence-corrected chi connectivity index (χ1v) is 10.4. The van der Waals surface area contributed by atoms with Gasteiger partial charge >= 0.3 is 0 Å². The molecule has 1 N–H and O–H groups in total. The molecule has 0 radical (unpaired) electrons. The zero-order chi connectivity index (χ0) is 21.8. The van der Waals surface area contributed by atoms with Crippen LogP contribution in [0.3, 0.4) is 0 Å². The third-order valence-electron chi connectivity index (χ3n) is 4.47. The number of hydrazone groups is 1. The average Bonchev–Trinajstić information content (AvgIpc) is 3.22. The maximum Gasteiger partial charge on any atom is 0.263 e. The van der Waals surface area contributed by atoms with E-state index in [4.69, 9.17) is 16.9 Å². The SMILES string of the molecule is N#Cc1ccc(/C=N/NC(=O)Cn2cnc3scc(-c4ccc(Cl)cc4)c3c2=O)cc1. The van der Waals surface area contributed by atoms with E-state index in [0.717, 1.165) is 16.7 Å². The predicted octanol–water partition coefficient (Wildman–Crippen LogP) is 3.80. The van der Waals surface area contributed by atoms with Crippen LogP contribution in [0, 0.1) is 11.3 Å². The molecule has 0 aliphatic heterocycles. The summed E-state index contributed by atoms with van der Waals surface area (Å²) in [6.45, 7) is -0.220. The maximum atomic E-state index is 13.0. The molecule has 152 valence electrons. The Morgan fingerprint density at radius 3 is 2.68 bits per heavy atom. The van der Waals surface area contributed by atoms with Crippen molar-refractivity contribution in [2.24, 2.45) is 5.10 Å². The van der Waals surface area contributed by atoms with Gasteiger partial charge in [0.05, 0.1) is 29.6 Å². The van der Waals surface area contributed by atoms with Crippen molar-refractivity contribution in [2.75, 3.05) is 0 Å². The van der Waals surface area contributed by atoms with E-state index < -0.39 is 5.91 Å². The van der Waals surface area contributed by atoms with Gasteiger partial charge in [-0.1, -0.05) is 35.9 Å². The summed E-state index contributed by atoms with van der Waals surface area (Å²) in [5, 5.41) is 15.6. The first-order chi connectivity index (χ1) is 15.0. The fraction of sp³-hybridized carbons (Fsp3) is 0.0455. The van der Waals surface area contributed by atoms with Crippen LogP contribution in [0.1, 0.15) is 11.1 Å². The number of nitrogens with one attached hydrogen (secondary N) is 1. The van der Waals surface area contributed by atoms with Crippen molar-refractivity contribution in [1.29, 1.82) is 5.26 Å². The molecule has 4 rings (SSSR count). The number of amides is 1. The van der Waals surface area contributed by atoms with Crippen LogP contribution in [0.5, 0.6) is 0 Å². The normalized spacial score (nSPS) is 11.0. The quantitative estimate of drug-likeness (QED) is 0.371. The molecule has 4 aromatic rings. The van der Waals surface area contributed by atoms with Gasteiger partial charge in [0.1, 0.15) is 11.4 Å². The second-order valence-corrected chi connectivity index (χ2v) is 7.84. The van der Waals surface area contributed by atoms with Crippen LogP contribution in [-0.4, -0.2) is 21.7 Å². The minimum atomic E-state index is -0.462. The number of hydrogen-bond donors (Lipinski definition) is 1. The average molecular weight is 448 g/mol. The predicted molar refractivity (Wildman–Crippen MR) is 121 cm³/mol. The maximum absolute atomic E-state index is 13.0. The van der Waals surface area contributed by atoms with Crippen molar-refractivity contribution in [1.82, 2.24) is 15.0 Å². The molecule has 0 aliphatic carbocycles. The van der Waals surface area contributed by atoms with Gasteiger partial charge in [0, 0.05) is 16.0 Å². The van der Waals surface area contributed by atoms with Crippen LogP contribution >= 0.6 is 22.9 Å². The molecule has 0 unspecified atom stereocenters. The van der Waals surface area contributed by atoms with Gasteiger partial charge in [-0.2, -0.15) is 10.4 Å². The van der Waals surface area contributed by atoms with Gasteiger partial charge in [-0.15, -0.1) is 11.3 Å². The summed E-state index contributed by atoms with van der Waals surface area (Å²) in [6, 6.07) is 16.0. The highest BCUT2D eigenvalue weighted by atomic mass is 35.5. The lowest BCUT2D eigenvalue weighted by molar-refractivity contribution is -0.121. The van der Waals surface area contributed by atoms with Crippen LogP contribution in [0.25, 0.3) is 21.3 Å². The summed E-state index contributed by atoms with van der Waals surface area (Å²) in [7, 11) is 0. The monoisotopic (exact) mass is 447 g/mol. The Hall–Kier alpha value is -3.80. The van der Waals surface area contributed by atoms with E-state index in [2.05, 4.69) is 15.5 Å². The molecule has 0 fully saturated rings. The van der Waals surface area contributed by atoms with Gasteiger partial charge in [0.15, 0.2) is 0 Å². The number of benzene rings is 2. The fourth-order valence-electron chi connectivity index (χ4n) is 2.93. The Morgan fingerprint density at radius 2 is 1.97 bits per heavy atom. The molecular formula is C22H14ClN5O2S. The Labute approximate surface area is 185 Å². The van der Waals surface area contributed by atoms with Crippen LogP contribution in [0.2, 0.25) is 5.02 Å². The molecule has 0 atom stereocenters. The van der Waals surface area contributed by atoms with Crippen molar-refractivity contribution in [3.63, 3.8) is 0 Å². The van der Waals surface area contributed by atoms with E-state index in [-0.39, 0.29) is 12.1 Å². The standard InChI is InChI=1S/C22H14ClN5O2S/c23-17-7-5-16(6-8-17)18-12-31-21-20(18)22(30)28(13-25-21)11-19(29)27-26-10-15-3-1-14(9-24)2-4-15/h1-8,10,12-13H,11H2,(H,27,29)/b26-10+. The molecule has 0 aliphatic rings. The number of rotatable bonds is 5. The number of thiophene rings is 1. The van der Waals surface area contributed by atoms with Crippen molar-refractivity contribution < 1.29 is 4.79 Å². The number of carbonyl (C=O) groups is 1. The molecule has 2 aromatic heterocycles. The van der Waals surface area contributed by atoms with Crippen LogP contribution in [0.4, 0.5) is 0 Å². The lowest BCUT2D eigenvalue weighted by Crippen LogP contribution is -2.30. The minimum absolute atomic E-state index is 0.220. The highest BCUT2D eigenvalue weighted by Gasteiger charge is 2.14. The summed E-state index contributed by atoms with van der Waals surface area (Å²) >= 11 is 7.32.